The fourth-order valence-electron chi connectivity index (χ4n) is 1.99. The van der Waals surface area contributed by atoms with Gasteiger partial charge in [0.15, 0.2) is 0 Å². The molecule has 1 fully saturated rings. The fraction of sp³-hybridized carbons (Fsp3) is 0.455. The molecule has 0 heterocycles. The zero-order valence-corrected chi connectivity index (χ0v) is 10.9. The van der Waals surface area contributed by atoms with Crippen molar-refractivity contribution in [1.82, 2.24) is 4.72 Å². The van der Waals surface area contributed by atoms with Crippen LogP contribution in [0.15, 0.2) is 23.1 Å². The third-order valence-corrected chi connectivity index (χ3v) is 4.95. The first kappa shape index (κ1) is 13.7. The summed E-state index contributed by atoms with van der Waals surface area (Å²) in [5, 5.41) is -0.309. The minimum atomic E-state index is -4.08. The summed E-state index contributed by atoms with van der Waals surface area (Å²) >= 11 is 5.95. The fourth-order valence-corrected chi connectivity index (χ4v) is 3.81. The maximum absolute atomic E-state index is 13.4. The molecule has 0 spiro atoms. The first-order valence-electron chi connectivity index (χ1n) is 5.51. The molecule has 100 valence electrons. The molecule has 3 nitrogen and oxygen atoms in total. The van der Waals surface area contributed by atoms with Crippen molar-refractivity contribution in [3.63, 3.8) is 0 Å². The normalized spacial score (nSPS) is 24.4. The molecular weight excluding hydrogens is 284 g/mol. The zero-order chi connectivity index (χ0) is 13.3. The highest BCUT2D eigenvalue weighted by Crippen LogP contribution is 2.26. The molecular formula is C11H12ClF2NO2S. The standard InChI is InChI=1S/C11H12ClF2NO2S/c12-8-2-1-3-10(8)15-18(16,17)11-6-7(13)4-5-9(11)14/h4-6,8,10,15H,1-3H2. The van der Waals surface area contributed by atoms with Gasteiger partial charge in [-0.25, -0.2) is 21.9 Å². The Bertz CT molecular complexity index is 550. The largest absolute Gasteiger partial charge is 0.243 e. The number of sulfonamides is 1. The Morgan fingerprint density at radius 1 is 1.28 bits per heavy atom. The average Bonchev–Trinajstić information content (AvgIpc) is 2.67. The highest BCUT2D eigenvalue weighted by molar-refractivity contribution is 7.89. The van der Waals surface area contributed by atoms with Gasteiger partial charge in [0.05, 0.1) is 0 Å². The van der Waals surface area contributed by atoms with E-state index in [1.54, 1.807) is 0 Å². The van der Waals surface area contributed by atoms with E-state index >= 15 is 0 Å². The Balaban J connectivity index is 2.28. The van der Waals surface area contributed by atoms with Crippen molar-refractivity contribution in [3.05, 3.63) is 29.8 Å². The summed E-state index contributed by atoms with van der Waals surface area (Å²) < 4.78 is 52.6. The first-order valence-corrected chi connectivity index (χ1v) is 7.43. The van der Waals surface area contributed by atoms with E-state index in [2.05, 4.69) is 4.72 Å². The smallest absolute Gasteiger partial charge is 0.207 e. The van der Waals surface area contributed by atoms with Gasteiger partial charge in [0, 0.05) is 11.4 Å². The van der Waals surface area contributed by atoms with Crippen LogP contribution in [0.2, 0.25) is 0 Å². The second-order valence-corrected chi connectivity index (χ2v) is 6.49. The van der Waals surface area contributed by atoms with Crippen molar-refractivity contribution in [2.75, 3.05) is 0 Å². The van der Waals surface area contributed by atoms with Crippen LogP contribution in [0, 0.1) is 11.6 Å². The molecule has 0 aromatic heterocycles. The summed E-state index contributed by atoms with van der Waals surface area (Å²) in [6.45, 7) is 0. The molecule has 1 saturated carbocycles. The summed E-state index contributed by atoms with van der Waals surface area (Å²) in [5.74, 6) is -1.78. The molecule has 2 atom stereocenters. The van der Waals surface area contributed by atoms with Crippen LogP contribution in [0.4, 0.5) is 8.78 Å². The van der Waals surface area contributed by atoms with Crippen LogP contribution >= 0.6 is 11.6 Å². The molecule has 7 heteroatoms. The molecule has 0 saturated heterocycles. The van der Waals surface area contributed by atoms with E-state index in [4.69, 9.17) is 11.6 Å². The van der Waals surface area contributed by atoms with Gasteiger partial charge in [0.2, 0.25) is 10.0 Å². The van der Waals surface area contributed by atoms with E-state index < -0.39 is 32.6 Å². The van der Waals surface area contributed by atoms with Gasteiger partial charge in [0.1, 0.15) is 16.5 Å². The second kappa shape index (κ2) is 5.11. The van der Waals surface area contributed by atoms with E-state index in [9.17, 15) is 17.2 Å². The molecule has 18 heavy (non-hydrogen) atoms. The van der Waals surface area contributed by atoms with Gasteiger partial charge in [0.25, 0.3) is 0 Å². The van der Waals surface area contributed by atoms with Crippen molar-refractivity contribution in [2.45, 2.75) is 35.6 Å². The number of halogens is 3. The van der Waals surface area contributed by atoms with Crippen LogP contribution < -0.4 is 4.72 Å². The third-order valence-electron chi connectivity index (χ3n) is 2.92. The lowest BCUT2D eigenvalue weighted by Gasteiger charge is -2.16. The van der Waals surface area contributed by atoms with Crippen molar-refractivity contribution in [3.8, 4) is 0 Å². The van der Waals surface area contributed by atoms with Gasteiger partial charge >= 0.3 is 0 Å². The average molecular weight is 296 g/mol. The molecule has 1 aliphatic carbocycles. The van der Waals surface area contributed by atoms with Gasteiger partial charge < -0.3 is 0 Å². The summed E-state index contributed by atoms with van der Waals surface area (Å²) in [6.07, 6.45) is 2.12. The van der Waals surface area contributed by atoms with Gasteiger partial charge in [-0.1, -0.05) is 6.42 Å². The number of alkyl halides is 1. The van der Waals surface area contributed by atoms with E-state index in [0.29, 0.717) is 18.9 Å². The summed E-state index contributed by atoms with van der Waals surface area (Å²) in [6, 6.07) is 1.89. The van der Waals surface area contributed by atoms with Crippen molar-refractivity contribution in [1.29, 1.82) is 0 Å². The van der Waals surface area contributed by atoms with Crippen LogP contribution in [0.1, 0.15) is 19.3 Å². The van der Waals surface area contributed by atoms with E-state index in [0.717, 1.165) is 18.6 Å². The SMILES string of the molecule is O=S(=O)(NC1CCCC1Cl)c1cc(F)ccc1F. The Kier molecular flexibility index (Phi) is 3.89. The van der Waals surface area contributed by atoms with Crippen LogP contribution in [0.3, 0.4) is 0 Å². The predicted octanol–water partition coefficient (Wildman–Crippen LogP) is 2.40. The van der Waals surface area contributed by atoms with Gasteiger partial charge in [-0.05, 0) is 31.0 Å². The minimum Gasteiger partial charge on any atom is -0.207 e. The Labute approximate surface area is 109 Å². The van der Waals surface area contributed by atoms with E-state index in [1.807, 2.05) is 0 Å². The lowest BCUT2D eigenvalue weighted by molar-refractivity contribution is 0.531. The van der Waals surface area contributed by atoms with Gasteiger partial charge in [-0.15, -0.1) is 11.6 Å². The molecule has 2 unspecified atom stereocenters. The highest BCUT2D eigenvalue weighted by atomic mass is 35.5. The summed E-state index contributed by atoms with van der Waals surface area (Å²) in [7, 11) is -4.08. The monoisotopic (exact) mass is 295 g/mol. The van der Waals surface area contributed by atoms with E-state index in [1.165, 1.54) is 0 Å². The Morgan fingerprint density at radius 2 is 2.00 bits per heavy atom. The number of hydrogen-bond donors (Lipinski definition) is 1. The Hall–Kier alpha value is -0.720. The maximum Gasteiger partial charge on any atom is 0.243 e. The molecule has 0 bridgehead atoms. The number of nitrogens with one attached hydrogen (secondary N) is 1. The van der Waals surface area contributed by atoms with Crippen molar-refractivity contribution in [2.24, 2.45) is 0 Å². The molecule has 0 amide bonds. The van der Waals surface area contributed by atoms with Gasteiger partial charge in [-0.2, -0.15) is 0 Å². The quantitative estimate of drug-likeness (QED) is 0.871. The topological polar surface area (TPSA) is 46.2 Å². The lowest BCUT2D eigenvalue weighted by Crippen LogP contribution is -2.38. The van der Waals surface area contributed by atoms with Crippen molar-refractivity contribution >= 4 is 21.6 Å². The van der Waals surface area contributed by atoms with Crippen LogP contribution in [0.25, 0.3) is 0 Å². The lowest BCUT2D eigenvalue weighted by atomic mass is 10.3. The summed E-state index contributed by atoms with van der Waals surface area (Å²) in [5.41, 5.74) is 0. The van der Waals surface area contributed by atoms with Crippen LogP contribution in [0.5, 0.6) is 0 Å². The molecule has 1 aliphatic rings. The molecule has 1 aromatic rings. The molecule has 1 aromatic carbocycles. The number of rotatable bonds is 3. The highest BCUT2D eigenvalue weighted by Gasteiger charge is 2.31. The predicted molar refractivity (Wildman–Crippen MR) is 64.0 cm³/mol. The molecule has 0 aliphatic heterocycles. The third kappa shape index (κ3) is 2.81. The Morgan fingerprint density at radius 3 is 2.61 bits per heavy atom. The van der Waals surface area contributed by atoms with Crippen LogP contribution in [-0.4, -0.2) is 19.8 Å². The van der Waals surface area contributed by atoms with Crippen LogP contribution in [-0.2, 0) is 10.0 Å². The van der Waals surface area contributed by atoms with Crippen molar-refractivity contribution < 1.29 is 17.2 Å². The molecule has 0 radical (unpaired) electrons. The van der Waals surface area contributed by atoms with E-state index in [-0.39, 0.29) is 5.38 Å². The summed E-state index contributed by atoms with van der Waals surface area (Å²) in [4.78, 5) is -0.682. The zero-order valence-electron chi connectivity index (χ0n) is 9.37. The number of hydrogen-bond acceptors (Lipinski definition) is 2. The first-order chi connectivity index (χ1) is 8.40. The maximum atomic E-state index is 13.4. The number of benzene rings is 1. The molecule has 1 N–H and O–H groups in total. The molecule has 2 rings (SSSR count). The minimum absolute atomic E-state index is 0.309. The second-order valence-electron chi connectivity index (χ2n) is 4.25. The van der Waals surface area contributed by atoms with Gasteiger partial charge in [-0.3, -0.25) is 0 Å².